The lowest BCUT2D eigenvalue weighted by molar-refractivity contribution is 0.106. The molecule has 3 aromatic rings. The van der Waals surface area contributed by atoms with Gasteiger partial charge in [0.2, 0.25) is 0 Å². The third-order valence-electron chi connectivity index (χ3n) is 4.26. The van der Waals surface area contributed by atoms with Gasteiger partial charge in [-0.25, -0.2) is 0 Å². The number of hydrogen-bond donors (Lipinski definition) is 1. The van der Waals surface area contributed by atoms with Gasteiger partial charge in [0.1, 0.15) is 0 Å². The van der Waals surface area contributed by atoms with E-state index in [-0.39, 0.29) is 5.30 Å². The average molecular weight is 338 g/mol. The van der Waals surface area contributed by atoms with Gasteiger partial charge in [-0.2, -0.15) is 0 Å². The smallest absolute Gasteiger partial charge is 0.298 e. The molecule has 122 valence electrons. The summed E-state index contributed by atoms with van der Waals surface area (Å²) in [6.45, 7) is 5.55. The van der Waals surface area contributed by atoms with Crippen LogP contribution in [0.5, 0.6) is 0 Å². The number of aryl methyl sites for hydroxylation is 3. The first-order valence-electron chi connectivity index (χ1n) is 7.76. The Morgan fingerprint density at radius 3 is 2.17 bits per heavy atom. The van der Waals surface area contributed by atoms with Crippen molar-refractivity contribution in [3.8, 4) is 0 Å². The lowest BCUT2D eigenvalue weighted by atomic mass is 10.0. The first-order chi connectivity index (χ1) is 11.3. The van der Waals surface area contributed by atoms with Crippen molar-refractivity contribution in [2.45, 2.75) is 20.8 Å². The van der Waals surface area contributed by atoms with Gasteiger partial charge in [0.25, 0.3) is 12.9 Å². The fourth-order valence-electron chi connectivity index (χ4n) is 3.25. The van der Waals surface area contributed by atoms with Gasteiger partial charge in [-0.15, -0.1) is 0 Å². The number of carbonyl (C=O) groups excluding carboxylic acids is 1. The van der Waals surface area contributed by atoms with Crippen LogP contribution in [0, 0.1) is 20.8 Å². The first-order valence-corrected chi connectivity index (χ1v) is 9.42. The molecule has 1 unspecified atom stereocenters. The lowest BCUT2D eigenvalue weighted by Gasteiger charge is -2.16. The molecule has 0 aliphatic rings. The topological polar surface area (TPSA) is 54.4 Å². The van der Waals surface area contributed by atoms with Gasteiger partial charge in [-0.05, 0) is 48.7 Å². The Kier molecular flexibility index (Phi) is 4.16. The summed E-state index contributed by atoms with van der Waals surface area (Å²) in [6, 6.07) is 16.2. The van der Waals surface area contributed by atoms with Crippen LogP contribution < -0.4 is 5.30 Å². The molecule has 0 saturated carbocycles. The Morgan fingerprint density at radius 1 is 0.917 bits per heavy atom. The van der Waals surface area contributed by atoms with Crippen molar-refractivity contribution in [2.75, 3.05) is 0 Å². The molecule has 0 radical (unpaired) electrons. The van der Waals surface area contributed by atoms with E-state index in [1.165, 1.54) is 0 Å². The summed E-state index contributed by atoms with van der Waals surface area (Å²) in [4.78, 5) is 23.7. The van der Waals surface area contributed by atoms with Crippen LogP contribution in [0.1, 0.15) is 27.0 Å². The molecule has 0 bridgehead atoms. The molecule has 0 aromatic heterocycles. The maximum absolute atomic E-state index is 13.1. The van der Waals surface area contributed by atoms with E-state index in [0.29, 0.717) is 10.9 Å². The fourth-order valence-corrected chi connectivity index (χ4v) is 4.94. The van der Waals surface area contributed by atoms with Gasteiger partial charge in [-0.3, -0.25) is 9.36 Å². The van der Waals surface area contributed by atoms with Crippen LogP contribution in [0.2, 0.25) is 0 Å². The zero-order valence-corrected chi connectivity index (χ0v) is 14.8. The molecule has 0 aliphatic heterocycles. The second-order valence-electron chi connectivity index (χ2n) is 6.15. The molecule has 0 aliphatic carbocycles. The van der Waals surface area contributed by atoms with Gasteiger partial charge < -0.3 is 4.89 Å². The van der Waals surface area contributed by atoms with Crippen LogP contribution in [0.25, 0.3) is 10.8 Å². The van der Waals surface area contributed by atoms with E-state index in [2.05, 4.69) is 0 Å². The minimum atomic E-state index is -4.21. The summed E-state index contributed by atoms with van der Waals surface area (Å²) in [5.74, 6) is 0. The third kappa shape index (κ3) is 2.71. The SMILES string of the molecule is Cc1cc(C)c(C(=O)P(=O)(O)c2cccc3ccccc23)c(C)c1. The van der Waals surface area contributed by atoms with Crippen molar-refractivity contribution in [2.24, 2.45) is 0 Å². The Labute approximate surface area is 141 Å². The quantitative estimate of drug-likeness (QED) is 0.715. The van der Waals surface area contributed by atoms with Crippen LogP contribution in [0.4, 0.5) is 0 Å². The average Bonchev–Trinajstić information content (AvgIpc) is 2.53. The van der Waals surface area contributed by atoms with Crippen molar-refractivity contribution in [3.05, 3.63) is 76.9 Å². The largest absolute Gasteiger partial charge is 0.336 e. The van der Waals surface area contributed by atoms with Crippen LogP contribution in [-0.2, 0) is 4.57 Å². The van der Waals surface area contributed by atoms with Crippen LogP contribution in [0.3, 0.4) is 0 Å². The number of benzene rings is 3. The maximum Gasteiger partial charge on any atom is 0.298 e. The molecule has 3 nitrogen and oxygen atoms in total. The molecule has 0 spiro atoms. The van der Waals surface area contributed by atoms with Gasteiger partial charge in [-0.1, -0.05) is 54.1 Å². The van der Waals surface area contributed by atoms with E-state index < -0.39 is 12.9 Å². The first kappa shape index (κ1) is 16.6. The summed E-state index contributed by atoms with van der Waals surface area (Å²) in [6.07, 6.45) is 0. The number of rotatable bonds is 3. The summed E-state index contributed by atoms with van der Waals surface area (Å²) >= 11 is 0. The fraction of sp³-hybridized carbons (Fsp3) is 0.150. The van der Waals surface area contributed by atoms with Crippen LogP contribution >= 0.6 is 7.37 Å². The van der Waals surface area contributed by atoms with E-state index in [4.69, 9.17) is 0 Å². The highest BCUT2D eigenvalue weighted by molar-refractivity contribution is 7.83. The monoisotopic (exact) mass is 338 g/mol. The predicted octanol–water partition coefficient (Wildman–Crippen LogP) is 4.50. The molecule has 0 saturated heterocycles. The highest BCUT2D eigenvalue weighted by Crippen LogP contribution is 2.46. The minimum absolute atomic E-state index is 0.199. The molecule has 1 atom stereocenters. The summed E-state index contributed by atoms with van der Waals surface area (Å²) in [5, 5.41) is 1.68. The molecule has 0 heterocycles. The third-order valence-corrected chi connectivity index (χ3v) is 6.08. The van der Waals surface area contributed by atoms with E-state index in [0.717, 1.165) is 22.1 Å². The lowest BCUT2D eigenvalue weighted by Crippen LogP contribution is -2.16. The minimum Gasteiger partial charge on any atom is -0.336 e. The van der Waals surface area contributed by atoms with Crippen LogP contribution in [0.15, 0.2) is 54.6 Å². The summed E-state index contributed by atoms with van der Waals surface area (Å²) < 4.78 is 13.1. The summed E-state index contributed by atoms with van der Waals surface area (Å²) in [5.41, 5.74) is 2.13. The zero-order valence-electron chi connectivity index (χ0n) is 13.9. The Morgan fingerprint density at radius 2 is 1.50 bits per heavy atom. The molecule has 1 N–H and O–H groups in total. The highest BCUT2D eigenvalue weighted by Gasteiger charge is 2.35. The van der Waals surface area contributed by atoms with Gasteiger partial charge in [0, 0.05) is 5.56 Å². The second kappa shape index (κ2) is 6.01. The van der Waals surface area contributed by atoms with Crippen molar-refractivity contribution in [1.82, 2.24) is 0 Å². The Bertz CT molecular complexity index is 976. The molecule has 0 amide bonds. The van der Waals surface area contributed by atoms with E-state index in [9.17, 15) is 14.3 Å². The molecule has 3 rings (SSSR count). The van der Waals surface area contributed by atoms with E-state index in [1.807, 2.05) is 37.3 Å². The van der Waals surface area contributed by atoms with Crippen LogP contribution in [-0.4, -0.2) is 10.4 Å². The number of fused-ring (bicyclic) bond motifs is 1. The van der Waals surface area contributed by atoms with Crippen molar-refractivity contribution in [3.63, 3.8) is 0 Å². The second-order valence-corrected chi connectivity index (χ2v) is 8.19. The van der Waals surface area contributed by atoms with E-state index in [1.54, 1.807) is 38.1 Å². The highest BCUT2D eigenvalue weighted by atomic mass is 31.2. The molecule has 24 heavy (non-hydrogen) atoms. The molecule has 4 heteroatoms. The van der Waals surface area contributed by atoms with E-state index >= 15 is 0 Å². The number of carbonyl (C=O) groups is 1. The predicted molar refractivity (Wildman–Crippen MR) is 98.4 cm³/mol. The summed E-state index contributed by atoms with van der Waals surface area (Å²) in [7, 11) is -4.21. The zero-order chi connectivity index (χ0) is 17.5. The van der Waals surface area contributed by atoms with Gasteiger partial charge in [0.15, 0.2) is 0 Å². The Balaban J connectivity index is 2.21. The molecule has 0 fully saturated rings. The molecule has 3 aromatic carbocycles. The maximum atomic E-state index is 13.1. The normalized spacial score (nSPS) is 13.7. The molecular formula is C20H19O3P. The standard InChI is InChI=1S/C20H19O3P/c1-13-11-14(2)19(15(3)12-13)20(21)24(22,23)18-10-6-8-16-7-4-5-9-17(16)18/h4-12H,1-3H3,(H,22,23). The molecular weight excluding hydrogens is 319 g/mol. The van der Waals surface area contributed by atoms with Crippen molar-refractivity contribution < 1.29 is 14.3 Å². The van der Waals surface area contributed by atoms with Crippen molar-refractivity contribution >= 4 is 29.0 Å². The van der Waals surface area contributed by atoms with Crippen molar-refractivity contribution in [1.29, 1.82) is 0 Å². The number of hydrogen-bond acceptors (Lipinski definition) is 2. The van der Waals surface area contributed by atoms with Gasteiger partial charge >= 0.3 is 0 Å². The Hall–Kier alpha value is -2.22. The van der Waals surface area contributed by atoms with Gasteiger partial charge in [0.05, 0.1) is 5.30 Å².